The second kappa shape index (κ2) is 8.11. The molecule has 0 saturated carbocycles. The van der Waals surface area contributed by atoms with Gasteiger partial charge in [0.15, 0.2) is 0 Å². The van der Waals surface area contributed by atoms with Crippen molar-refractivity contribution in [3.05, 3.63) is 45.6 Å². The van der Waals surface area contributed by atoms with Crippen LogP contribution in [0.4, 0.5) is 11.4 Å². The van der Waals surface area contributed by atoms with Gasteiger partial charge in [0.1, 0.15) is 15.2 Å². The monoisotopic (exact) mass is 435 g/mol. The topological polar surface area (TPSA) is 84.1 Å². The molecule has 0 spiro atoms. The Hall–Kier alpha value is -2.67. The molecule has 2 aliphatic rings. The lowest BCUT2D eigenvalue weighted by Crippen LogP contribution is -2.39. The number of carbonyl (C=O) groups excluding carboxylic acids is 1. The van der Waals surface area contributed by atoms with Crippen molar-refractivity contribution in [2.24, 2.45) is 0 Å². The van der Waals surface area contributed by atoms with Gasteiger partial charge >= 0.3 is 0 Å². The highest BCUT2D eigenvalue weighted by molar-refractivity contribution is 7.21. The van der Waals surface area contributed by atoms with Crippen LogP contribution in [0.3, 0.4) is 0 Å². The van der Waals surface area contributed by atoms with E-state index >= 15 is 0 Å². The molecule has 31 heavy (non-hydrogen) atoms. The molecular weight excluding hydrogens is 406 g/mol. The molecule has 1 aliphatic heterocycles. The molecule has 3 N–H and O–H groups in total. The summed E-state index contributed by atoms with van der Waals surface area (Å²) in [4.78, 5) is 25.6. The van der Waals surface area contributed by atoms with Gasteiger partial charge in [-0.05, 0) is 75.1 Å². The van der Waals surface area contributed by atoms with Crippen LogP contribution in [0.1, 0.15) is 57.7 Å². The number of aryl methyl sites for hydroxylation is 1. The Morgan fingerprint density at radius 3 is 2.84 bits per heavy atom. The minimum Gasteiger partial charge on any atom is -0.396 e. The molecule has 1 aliphatic carbocycles. The summed E-state index contributed by atoms with van der Waals surface area (Å²) in [6.45, 7) is 6.48. The van der Waals surface area contributed by atoms with Gasteiger partial charge in [0.2, 0.25) is 0 Å². The molecule has 1 amide bonds. The largest absolute Gasteiger partial charge is 0.396 e. The van der Waals surface area contributed by atoms with Crippen molar-refractivity contribution in [1.82, 2.24) is 15.3 Å². The molecule has 0 bridgehead atoms. The Balaban J connectivity index is 1.32. The summed E-state index contributed by atoms with van der Waals surface area (Å²) in [5.41, 5.74) is 13.7. The van der Waals surface area contributed by atoms with Gasteiger partial charge in [-0.2, -0.15) is 0 Å². The molecule has 3 heterocycles. The quantitative estimate of drug-likeness (QED) is 0.645. The number of hydrogen-bond acceptors (Lipinski definition) is 6. The first kappa shape index (κ1) is 20.2. The molecule has 162 valence electrons. The Kier molecular flexibility index (Phi) is 5.30. The molecule has 1 saturated heterocycles. The number of rotatable bonds is 3. The number of nitrogens with two attached hydrogens (primary N) is 1. The van der Waals surface area contributed by atoms with E-state index < -0.39 is 0 Å². The van der Waals surface area contributed by atoms with E-state index in [4.69, 9.17) is 5.73 Å². The van der Waals surface area contributed by atoms with E-state index in [1.54, 1.807) is 6.20 Å². The number of carbonyl (C=O) groups is 1. The van der Waals surface area contributed by atoms with E-state index in [2.05, 4.69) is 39.2 Å². The van der Waals surface area contributed by atoms with Crippen molar-refractivity contribution in [1.29, 1.82) is 0 Å². The second-order valence-corrected chi connectivity index (χ2v) is 9.82. The molecule has 1 aromatic carbocycles. The predicted molar refractivity (Wildman–Crippen MR) is 127 cm³/mol. The number of anilines is 2. The number of piperidine rings is 1. The van der Waals surface area contributed by atoms with Crippen molar-refractivity contribution in [3.8, 4) is 0 Å². The van der Waals surface area contributed by atoms with E-state index in [0.717, 1.165) is 42.9 Å². The molecule has 3 aromatic rings. The highest BCUT2D eigenvalue weighted by atomic mass is 32.1. The highest BCUT2D eigenvalue weighted by Gasteiger charge is 2.26. The van der Waals surface area contributed by atoms with Crippen molar-refractivity contribution in [2.75, 3.05) is 23.7 Å². The Morgan fingerprint density at radius 2 is 2.03 bits per heavy atom. The van der Waals surface area contributed by atoms with E-state index in [0.29, 0.717) is 16.1 Å². The number of nitrogens with zero attached hydrogens (tertiary/aromatic N) is 3. The molecule has 1 fully saturated rings. The van der Waals surface area contributed by atoms with Gasteiger partial charge in [-0.25, -0.2) is 9.97 Å². The molecule has 7 heteroatoms. The van der Waals surface area contributed by atoms with Crippen LogP contribution in [0.5, 0.6) is 0 Å². The standard InChI is InChI=1S/C24H29N5OS/c1-14-13-26-21-20(25)22(31-24(21)27-14)23(30)28-17-7-8-18-15(2)19(9-6-16(18)12-17)29-10-4-3-5-11-29/h6,9,13,17H,3-5,7-8,10-12,25H2,1-2H3,(H,28,30)/t17-/m0/s1. The highest BCUT2D eigenvalue weighted by Crippen LogP contribution is 2.34. The number of benzene rings is 1. The lowest BCUT2D eigenvalue weighted by Gasteiger charge is -2.33. The number of nitrogen functional groups attached to an aromatic ring is 1. The van der Waals surface area contributed by atoms with Gasteiger partial charge in [0, 0.05) is 31.0 Å². The Bertz CT molecular complexity index is 1150. The Morgan fingerprint density at radius 1 is 1.23 bits per heavy atom. The molecular formula is C24H29N5OS. The molecule has 2 aromatic heterocycles. The number of aromatic nitrogens is 2. The SMILES string of the molecule is Cc1cnc2c(N)c(C(=O)N[C@H]3CCc4c(ccc(N5CCCCC5)c4C)C3)sc2n1. The normalized spacial score (nSPS) is 18.8. The van der Waals surface area contributed by atoms with Gasteiger partial charge < -0.3 is 16.0 Å². The van der Waals surface area contributed by atoms with Crippen LogP contribution in [-0.4, -0.2) is 35.0 Å². The van der Waals surface area contributed by atoms with Crippen molar-refractivity contribution in [2.45, 2.75) is 58.4 Å². The summed E-state index contributed by atoms with van der Waals surface area (Å²) >= 11 is 1.32. The van der Waals surface area contributed by atoms with Crippen LogP contribution in [0, 0.1) is 13.8 Å². The van der Waals surface area contributed by atoms with Crippen LogP contribution in [0.15, 0.2) is 18.3 Å². The number of hydrogen-bond donors (Lipinski definition) is 2. The van der Waals surface area contributed by atoms with Crippen molar-refractivity contribution in [3.63, 3.8) is 0 Å². The van der Waals surface area contributed by atoms with Crippen LogP contribution >= 0.6 is 11.3 Å². The van der Waals surface area contributed by atoms with Crippen LogP contribution in [0.2, 0.25) is 0 Å². The van der Waals surface area contributed by atoms with Crippen molar-refractivity contribution < 1.29 is 4.79 Å². The van der Waals surface area contributed by atoms with Crippen molar-refractivity contribution >= 4 is 39.0 Å². The second-order valence-electron chi connectivity index (χ2n) is 8.82. The first-order chi connectivity index (χ1) is 15.0. The fraction of sp³-hybridized carbons (Fsp3) is 0.458. The summed E-state index contributed by atoms with van der Waals surface area (Å²) in [5, 5.41) is 3.22. The van der Waals surface area contributed by atoms with Crippen LogP contribution < -0.4 is 16.0 Å². The third kappa shape index (κ3) is 3.76. The summed E-state index contributed by atoms with van der Waals surface area (Å²) in [6, 6.07) is 4.68. The molecule has 0 radical (unpaired) electrons. The van der Waals surface area contributed by atoms with Crippen LogP contribution in [-0.2, 0) is 12.8 Å². The van der Waals surface area contributed by atoms with E-state index in [1.807, 2.05) is 6.92 Å². The summed E-state index contributed by atoms with van der Waals surface area (Å²) in [7, 11) is 0. The van der Waals surface area contributed by atoms with Gasteiger partial charge in [-0.15, -0.1) is 11.3 Å². The zero-order valence-electron chi connectivity index (χ0n) is 18.2. The zero-order chi connectivity index (χ0) is 21.5. The maximum absolute atomic E-state index is 13.0. The van der Waals surface area contributed by atoms with Gasteiger partial charge in [-0.3, -0.25) is 4.79 Å². The van der Waals surface area contributed by atoms with Crippen LogP contribution in [0.25, 0.3) is 10.3 Å². The lowest BCUT2D eigenvalue weighted by molar-refractivity contribution is 0.0938. The molecule has 6 nitrogen and oxygen atoms in total. The third-order valence-electron chi connectivity index (χ3n) is 6.67. The lowest BCUT2D eigenvalue weighted by atomic mass is 9.84. The zero-order valence-corrected chi connectivity index (χ0v) is 19.0. The van der Waals surface area contributed by atoms with Gasteiger partial charge in [0.25, 0.3) is 5.91 Å². The smallest absolute Gasteiger partial charge is 0.263 e. The maximum atomic E-state index is 13.0. The first-order valence-corrected chi connectivity index (χ1v) is 12.0. The first-order valence-electron chi connectivity index (χ1n) is 11.2. The summed E-state index contributed by atoms with van der Waals surface area (Å²) in [6.07, 6.45) is 8.42. The van der Waals surface area contributed by atoms with E-state index in [-0.39, 0.29) is 11.9 Å². The number of amides is 1. The predicted octanol–water partition coefficient (Wildman–Crippen LogP) is 4.17. The number of thiophene rings is 1. The molecule has 1 atom stereocenters. The van der Waals surface area contributed by atoms with Gasteiger partial charge in [0.05, 0.1) is 11.4 Å². The number of fused-ring (bicyclic) bond motifs is 2. The fourth-order valence-corrected chi connectivity index (χ4v) is 6.02. The Labute approximate surface area is 186 Å². The van der Waals surface area contributed by atoms with E-state index in [9.17, 15) is 4.79 Å². The molecule has 5 rings (SSSR count). The van der Waals surface area contributed by atoms with Gasteiger partial charge in [-0.1, -0.05) is 6.07 Å². The summed E-state index contributed by atoms with van der Waals surface area (Å²) in [5.74, 6) is -0.116. The number of nitrogens with one attached hydrogen (secondary N) is 1. The maximum Gasteiger partial charge on any atom is 0.263 e. The minimum absolute atomic E-state index is 0.116. The molecule has 0 unspecified atom stereocenters. The average molecular weight is 436 g/mol. The summed E-state index contributed by atoms with van der Waals surface area (Å²) < 4.78 is 0. The van der Waals surface area contributed by atoms with E-state index in [1.165, 1.54) is 53.0 Å². The minimum atomic E-state index is -0.116. The average Bonchev–Trinajstić information content (AvgIpc) is 3.10. The fourth-order valence-electron chi connectivity index (χ4n) is 5.02. The third-order valence-corrected chi connectivity index (χ3v) is 7.76.